The molecule has 8 nitrogen and oxygen atoms in total. The van der Waals surface area contributed by atoms with Gasteiger partial charge in [0, 0.05) is 37.1 Å². The Morgan fingerprint density at radius 1 is 0.886 bits per heavy atom. The van der Waals surface area contributed by atoms with Crippen LogP contribution < -0.4 is 16.4 Å². The molecule has 0 fully saturated rings. The van der Waals surface area contributed by atoms with Crippen molar-refractivity contribution < 1.29 is 0 Å². The second kappa shape index (κ2) is 9.80. The van der Waals surface area contributed by atoms with E-state index in [-0.39, 0.29) is 0 Å². The smallest absolute Gasteiger partial charge is 0.147 e. The second-order valence-electron chi connectivity index (χ2n) is 8.61. The molecule has 2 aromatic carbocycles. The summed E-state index contributed by atoms with van der Waals surface area (Å²) in [5.41, 5.74) is 12.0. The Bertz CT molecular complexity index is 1440. The van der Waals surface area contributed by atoms with E-state index in [4.69, 9.17) is 5.73 Å². The molecule has 0 bridgehead atoms. The number of fused-ring (bicyclic) bond motifs is 1. The molecule has 0 aliphatic carbocycles. The van der Waals surface area contributed by atoms with Crippen LogP contribution in [0.2, 0.25) is 0 Å². The highest BCUT2D eigenvalue weighted by Gasteiger charge is 2.10. The Morgan fingerprint density at radius 2 is 1.63 bits per heavy atom. The molecule has 5 rings (SSSR count). The van der Waals surface area contributed by atoms with E-state index in [1.807, 2.05) is 23.0 Å². The zero-order valence-electron chi connectivity index (χ0n) is 19.9. The van der Waals surface area contributed by atoms with E-state index in [0.717, 1.165) is 29.0 Å². The standard InChI is InChI=1S/C27H28N8/c1-18-12-23-22(8-10-30-27(23)28)19(2)24(18)14-32-26-16-29-15-25(34-26)31-13-20-4-6-21(7-5-20)17-35-11-3-9-33-35/h3-12,15-16H,13-14,17H2,1-2H3,(H2,28,30)(H2,31,32,34). The van der Waals surface area contributed by atoms with Crippen molar-refractivity contribution in [1.29, 1.82) is 0 Å². The number of nitrogens with two attached hydrogens (primary N) is 1. The zero-order chi connectivity index (χ0) is 24.2. The van der Waals surface area contributed by atoms with Crippen LogP contribution in [0.15, 0.2) is 73.4 Å². The highest BCUT2D eigenvalue weighted by atomic mass is 15.3. The molecule has 4 N–H and O–H groups in total. The Labute approximate surface area is 204 Å². The quantitative estimate of drug-likeness (QED) is 0.306. The molecule has 3 aromatic heterocycles. The van der Waals surface area contributed by atoms with Gasteiger partial charge in [-0.15, -0.1) is 0 Å². The molecule has 0 aliphatic heterocycles. The lowest BCUT2D eigenvalue weighted by atomic mass is 9.96. The van der Waals surface area contributed by atoms with Gasteiger partial charge in [-0.25, -0.2) is 9.97 Å². The van der Waals surface area contributed by atoms with Crippen LogP contribution in [0.1, 0.15) is 27.8 Å². The molecular formula is C27H28N8. The minimum atomic E-state index is 0.561. The highest BCUT2D eigenvalue weighted by Crippen LogP contribution is 2.28. The Morgan fingerprint density at radius 3 is 2.37 bits per heavy atom. The first-order chi connectivity index (χ1) is 17.1. The molecule has 35 heavy (non-hydrogen) atoms. The fraction of sp³-hybridized carbons (Fsp3) is 0.185. The van der Waals surface area contributed by atoms with Crippen LogP contribution >= 0.6 is 0 Å². The number of nitrogens with zero attached hydrogens (tertiary/aromatic N) is 5. The first kappa shape index (κ1) is 22.3. The molecule has 0 spiro atoms. The Kier molecular flexibility index (Phi) is 6.26. The van der Waals surface area contributed by atoms with E-state index in [1.165, 1.54) is 27.8 Å². The van der Waals surface area contributed by atoms with Gasteiger partial charge < -0.3 is 16.4 Å². The Hall–Kier alpha value is -4.46. The van der Waals surface area contributed by atoms with E-state index < -0.39 is 0 Å². The predicted octanol–water partition coefficient (Wildman–Crippen LogP) is 4.69. The fourth-order valence-corrected chi connectivity index (χ4v) is 4.25. The highest BCUT2D eigenvalue weighted by molar-refractivity contribution is 5.94. The number of anilines is 3. The molecule has 3 heterocycles. The molecule has 0 amide bonds. The van der Waals surface area contributed by atoms with Crippen LogP contribution in [0.3, 0.4) is 0 Å². The largest absolute Gasteiger partial charge is 0.383 e. The van der Waals surface area contributed by atoms with Crippen molar-refractivity contribution in [3.05, 3.63) is 101 Å². The number of hydrogen-bond acceptors (Lipinski definition) is 7. The molecule has 8 heteroatoms. The summed E-state index contributed by atoms with van der Waals surface area (Å²) in [4.78, 5) is 13.2. The summed E-state index contributed by atoms with van der Waals surface area (Å²) in [6, 6.07) is 14.5. The van der Waals surface area contributed by atoms with Gasteiger partial charge in [-0.1, -0.05) is 24.3 Å². The average molecular weight is 465 g/mol. The maximum Gasteiger partial charge on any atom is 0.147 e. The van der Waals surface area contributed by atoms with Crippen LogP contribution in [-0.4, -0.2) is 24.7 Å². The number of hydrogen-bond donors (Lipinski definition) is 3. The molecule has 0 saturated heterocycles. The minimum Gasteiger partial charge on any atom is -0.383 e. The van der Waals surface area contributed by atoms with Crippen molar-refractivity contribution >= 4 is 28.2 Å². The van der Waals surface area contributed by atoms with Crippen LogP contribution in [0.4, 0.5) is 17.5 Å². The zero-order valence-corrected chi connectivity index (χ0v) is 19.9. The molecule has 5 aromatic rings. The summed E-state index contributed by atoms with van der Waals surface area (Å²) in [6.07, 6.45) is 8.98. The lowest BCUT2D eigenvalue weighted by Gasteiger charge is -2.15. The normalized spacial score (nSPS) is 11.0. The maximum absolute atomic E-state index is 6.08. The summed E-state index contributed by atoms with van der Waals surface area (Å²) in [5.74, 6) is 2.00. The molecule has 0 saturated carbocycles. The Balaban J connectivity index is 1.22. The first-order valence-electron chi connectivity index (χ1n) is 11.5. The first-order valence-corrected chi connectivity index (χ1v) is 11.5. The van der Waals surface area contributed by atoms with Crippen molar-refractivity contribution in [1.82, 2.24) is 24.7 Å². The summed E-state index contributed by atoms with van der Waals surface area (Å²) in [7, 11) is 0. The molecule has 0 radical (unpaired) electrons. The van der Waals surface area contributed by atoms with Crippen molar-refractivity contribution in [2.45, 2.75) is 33.5 Å². The van der Waals surface area contributed by atoms with Gasteiger partial charge in [0.15, 0.2) is 0 Å². The number of aryl methyl sites for hydroxylation is 2. The van der Waals surface area contributed by atoms with Crippen LogP contribution in [0.25, 0.3) is 10.8 Å². The van der Waals surface area contributed by atoms with Gasteiger partial charge >= 0.3 is 0 Å². The van der Waals surface area contributed by atoms with Crippen LogP contribution in [0.5, 0.6) is 0 Å². The predicted molar refractivity (Wildman–Crippen MR) is 140 cm³/mol. The summed E-state index contributed by atoms with van der Waals surface area (Å²) >= 11 is 0. The van der Waals surface area contributed by atoms with E-state index in [2.05, 4.69) is 74.9 Å². The van der Waals surface area contributed by atoms with E-state index in [9.17, 15) is 0 Å². The summed E-state index contributed by atoms with van der Waals surface area (Å²) in [5, 5.41) is 13.2. The van der Waals surface area contributed by atoms with Gasteiger partial charge in [-0.2, -0.15) is 5.10 Å². The van der Waals surface area contributed by atoms with Gasteiger partial charge in [-0.3, -0.25) is 9.67 Å². The number of nitrogen functional groups attached to an aromatic ring is 1. The minimum absolute atomic E-state index is 0.561. The number of pyridine rings is 1. The van der Waals surface area contributed by atoms with E-state index in [1.54, 1.807) is 24.8 Å². The van der Waals surface area contributed by atoms with Gasteiger partial charge in [0.05, 0.1) is 18.9 Å². The van der Waals surface area contributed by atoms with Gasteiger partial charge in [0.1, 0.15) is 17.5 Å². The van der Waals surface area contributed by atoms with E-state index in [0.29, 0.717) is 18.9 Å². The molecule has 0 aliphatic rings. The van der Waals surface area contributed by atoms with Crippen molar-refractivity contribution in [3.63, 3.8) is 0 Å². The number of rotatable bonds is 8. The van der Waals surface area contributed by atoms with Crippen molar-refractivity contribution in [2.75, 3.05) is 16.4 Å². The van der Waals surface area contributed by atoms with Crippen LogP contribution in [0, 0.1) is 13.8 Å². The third-order valence-corrected chi connectivity index (χ3v) is 6.20. The summed E-state index contributed by atoms with van der Waals surface area (Å²) in [6.45, 7) is 6.29. The molecule has 0 unspecified atom stereocenters. The van der Waals surface area contributed by atoms with E-state index >= 15 is 0 Å². The number of benzene rings is 2. The topological polar surface area (TPSA) is 107 Å². The number of nitrogens with one attached hydrogen (secondary N) is 2. The fourth-order valence-electron chi connectivity index (χ4n) is 4.25. The maximum atomic E-state index is 6.08. The van der Waals surface area contributed by atoms with Crippen molar-refractivity contribution in [2.24, 2.45) is 0 Å². The third-order valence-electron chi connectivity index (χ3n) is 6.20. The average Bonchev–Trinajstić information content (AvgIpc) is 3.38. The molecular weight excluding hydrogens is 436 g/mol. The third kappa shape index (κ3) is 5.06. The van der Waals surface area contributed by atoms with Gasteiger partial charge in [-0.05, 0) is 65.3 Å². The SMILES string of the molecule is Cc1cc2c(N)nccc2c(C)c1CNc1cncc(NCc2ccc(Cn3cccn3)cc2)n1. The van der Waals surface area contributed by atoms with Crippen molar-refractivity contribution in [3.8, 4) is 0 Å². The molecule has 176 valence electrons. The summed E-state index contributed by atoms with van der Waals surface area (Å²) < 4.78 is 1.91. The van der Waals surface area contributed by atoms with Crippen LogP contribution in [-0.2, 0) is 19.6 Å². The lowest BCUT2D eigenvalue weighted by Crippen LogP contribution is -2.08. The lowest BCUT2D eigenvalue weighted by molar-refractivity contribution is 0.686. The van der Waals surface area contributed by atoms with Gasteiger partial charge in [0.25, 0.3) is 0 Å². The second-order valence-corrected chi connectivity index (χ2v) is 8.61. The van der Waals surface area contributed by atoms with Gasteiger partial charge in [0.2, 0.25) is 0 Å². The molecule has 0 atom stereocenters. The number of aromatic nitrogens is 5. The monoisotopic (exact) mass is 464 g/mol.